The number of nitrogens with one attached hydrogen (secondary N) is 2. The van der Waals surface area contributed by atoms with Crippen molar-refractivity contribution in [2.45, 2.75) is 13.0 Å². The number of benzene rings is 4. The number of anilines is 1. The molecule has 7 heteroatoms. The number of carbonyl (C=O) groups is 2. The van der Waals surface area contributed by atoms with E-state index in [4.69, 9.17) is 17.0 Å². The summed E-state index contributed by atoms with van der Waals surface area (Å²) in [4.78, 5) is 27.2. The van der Waals surface area contributed by atoms with E-state index in [2.05, 4.69) is 22.8 Å². The quantitative estimate of drug-likeness (QED) is 0.275. The molecule has 4 rings (SSSR count). The first-order chi connectivity index (χ1) is 18.5. The Morgan fingerprint density at radius 1 is 0.789 bits per heavy atom. The molecule has 0 bridgehead atoms. The standard InChI is InChI=1S/C31H29N3O3S/c1-34(22-24-11-6-3-7-12-24)30(36)26-13-8-14-27(21-26)32-31(38)33-29(35)25-15-17-28(18-16-25)37-20-19-23-9-4-2-5-10-23/h2-18,21H,19-20,22H2,1H3,(H2,32,33,35,38). The molecule has 0 aliphatic carbocycles. The van der Waals surface area contributed by atoms with Crippen LogP contribution in [0.2, 0.25) is 0 Å². The van der Waals surface area contributed by atoms with Crippen molar-refractivity contribution in [1.29, 1.82) is 0 Å². The van der Waals surface area contributed by atoms with Crippen molar-refractivity contribution in [3.63, 3.8) is 0 Å². The van der Waals surface area contributed by atoms with Gasteiger partial charge in [-0.2, -0.15) is 0 Å². The van der Waals surface area contributed by atoms with E-state index in [1.807, 2.05) is 48.5 Å². The van der Waals surface area contributed by atoms with Crippen LogP contribution < -0.4 is 15.4 Å². The summed E-state index contributed by atoms with van der Waals surface area (Å²) >= 11 is 5.33. The van der Waals surface area contributed by atoms with E-state index < -0.39 is 0 Å². The van der Waals surface area contributed by atoms with Crippen LogP contribution in [0.5, 0.6) is 5.75 Å². The summed E-state index contributed by atoms with van der Waals surface area (Å²) in [6.45, 7) is 1.05. The summed E-state index contributed by atoms with van der Waals surface area (Å²) < 4.78 is 5.78. The predicted octanol–water partition coefficient (Wildman–Crippen LogP) is 5.71. The number of amides is 2. The highest BCUT2D eigenvalue weighted by atomic mass is 32.1. The van der Waals surface area contributed by atoms with Gasteiger partial charge in [0.15, 0.2) is 5.11 Å². The Morgan fingerprint density at radius 3 is 2.13 bits per heavy atom. The first-order valence-corrected chi connectivity index (χ1v) is 12.7. The molecule has 2 N–H and O–H groups in total. The highest BCUT2D eigenvalue weighted by molar-refractivity contribution is 7.80. The molecule has 0 spiro atoms. The molecule has 0 atom stereocenters. The average molecular weight is 524 g/mol. The van der Waals surface area contributed by atoms with Crippen molar-refractivity contribution < 1.29 is 14.3 Å². The van der Waals surface area contributed by atoms with Crippen molar-refractivity contribution in [3.05, 3.63) is 131 Å². The molecular formula is C31H29N3O3S. The Hall–Kier alpha value is -4.49. The van der Waals surface area contributed by atoms with E-state index in [1.54, 1.807) is 60.5 Å². The van der Waals surface area contributed by atoms with E-state index in [1.165, 1.54) is 5.56 Å². The highest BCUT2D eigenvalue weighted by Crippen LogP contribution is 2.15. The molecule has 192 valence electrons. The van der Waals surface area contributed by atoms with Crippen LogP contribution in [0.1, 0.15) is 31.8 Å². The van der Waals surface area contributed by atoms with Crippen molar-refractivity contribution in [2.24, 2.45) is 0 Å². The largest absolute Gasteiger partial charge is 0.493 e. The summed E-state index contributed by atoms with van der Waals surface area (Å²) in [6.07, 6.45) is 0.805. The number of hydrogen-bond acceptors (Lipinski definition) is 4. The third kappa shape index (κ3) is 7.75. The monoisotopic (exact) mass is 523 g/mol. The summed E-state index contributed by atoms with van der Waals surface area (Å²) in [6, 6.07) is 33.8. The fourth-order valence-corrected chi connectivity index (χ4v) is 4.06. The first-order valence-electron chi connectivity index (χ1n) is 12.3. The van der Waals surface area contributed by atoms with Gasteiger partial charge in [0.1, 0.15) is 5.75 Å². The van der Waals surface area contributed by atoms with E-state index in [0.29, 0.717) is 35.7 Å². The van der Waals surface area contributed by atoms with Gasteiger partial charge in [-0.15, -0.1) is 0 Å². The smallest absolute Gasteiger partial charge is 0.257 e. The lowest BCUT2D eigenvalue weighted by atomic mass is 10.1. The fourth-order valence-electron chi connectivity index (χ4n) is 3.85. The van der Waals surface area contributed by atoms with Gasteiger partial charge >= 0.3 is 0 Å². The molecule has 0 saturated carbocycles. The van der Waals surface area contributed by atoms with Gasteiger partial charge in [0.05, 0.1) is 6.61 Å². The van der Waals surface area contributed by atoms with E-state index in [9.17, 15) is 9.59 Å². The second-order valence-electron chi connectivity index (χ2n) is 8.74. The van der Waals surface area contributed by atoms with Gasteiger partial charge in [-0.1, -0.05) is 66.7 Å². The summed E-state index contributed by atoms with van der Waals surface area (Å²) in [7, 11) is 1.76. The molecular weight excluding hydrogens is 494 g/mol. The maximum absolute atomic E-state index is 12.9. The zero-order chi connectivity index (χ0) is 26.7. The van der Waals surface area contributed by atoms with Crippen molar-refractivity contribution in [2.75, 3.05) is 19.0 Å². The second kappa shape index (κ2) is 13.2. The Labute approximate surface area is 228 Å². The number of carbonyl (C=O) groups excluding carboxylic acids is 2. The van der Waals surface area contributed by atoms with Gasteiger partial charge in [0.2, 0.25) is 0 Å². The number of thiocarbonyl (C=S) groups is 1. The Bertz CT molecular complexity index is 1380. The highest BCUT2D eigenvalue weighted by Gasteiger charge is 2.14. The topological polar surface area (TPSA) is 70.7 Å². The molecule has 0 heterocycles. The minimum absolute atomic E-state index is 0.112. The zero-order valence-corrected chi connectivity index (χ0v) is 21.9. The molecule has 0 aromatic heterocycles. The fraction of sp³-hybridized carbons (Fsp3) is 0.129. The molecule has 4 aromatic carbocycles. The average Bonchev–Trinajstić information content (AvgIpc) is 2.94. The maximum atomic E-state index is 12.9. The SMILES string of the molecule is CN(Cc1ccccc1)C(=O)c1cccc(NC(=S)NC(=O)c2ccc(OCCc3ccccc3)cc2)c1. The zero-order valence-electron chi connectivity index (χ0n) is 21.1. The summed E-state index contributed by atoms with van der Waals surface area (Å²) in [5, 5.41) is 5.80. The van der Waals surface area contributed by atoms with Crippen LogP contribution in [-0.2, 0) is 13.0 Å². The number of hydrogen-bond donors (Lipinski definition) is 2. The molecule has 0 radical (unpaired) electrons. The van der Waals surface area contributed by atoms with Crippen LogP contribution in [0.15, 0.2) is 109 Å². The second-order valence-corrected chi connectivity index (χ2v) is 9.15. The van der Waals surface area contributed by atoms with Gasteiger partial charge in [-0.25, -0.2) is 0 Å². The third-order valence-corrected chi connectivity index (χ3v) is 6.03. The number of rotatable bonds is 9. The molecule has 38 heavy (non-hydrogen) atoms. The molecule has 0 fully saturated rings. The van der Waals surface area contributed by atoms with Gasteiger partial charge in [0.25, 0.3) is 11.8 Å². The van der Waals surface area contributed by atoms with Crippen LogP contribution in [0.25, 0.3) is 0 Å². The van der Waals surface area contributed by atoms with E-state index in [0.717, 1.165) is 12.0 Å². The van der Waals surface area contributed by atoms with E-state index in [-0.39, 0.29) is 16.9 Å². The van der Waals surface area contributed by atoms with Crippen molar-refractivity contribution in [1.82, 2.24) is 10.2 Å². The molecule has 4 aromatic rings. The van der Waals surface area contributed by atoms with Crippen LogP contribution in [0.4, 0.5) is 5.69 Å². The van der Waals surface area contributed by atoms with E-state index >= 15 is 0 Å². The van der Waals surface area contributed by atoms with Crippen LogP contribution in [-0.4, -0.2) is 35.5 Å². The van der Waals surface area contributed by atoms with Gasteiger partial charge in [-0.05, 0) is 65.8 Å². The Kier molecular flexibility index (Phi) is 9.21. The lowest BCUT2D eigenvalue weighted by Crippen LogP contribution is -2.34. The first kappa shape index (κ1) is 26.6. The predicted molar refractivity (Wildman–Crippen MR) is 154 cm³/mol. The van der Waals surface area contributed by atoms with Gasteiger partial charge in [-0.3, -0.25) is 14.9 Å². The van der Waals surface area contributed by atoms with Crippen LogP contribution in [0, 0.1) is 0 Å². The Morgan fingerprint density at radius 2 is 1.45 bits per heavy atom. The summed E-state index contributed by atoms with van der Waals surface area (Å²) in [5.74, 6) is 0.239. The molecule has 0 saturated heterocycles. The third-order valence-electron chi connectivity index (χ3n) is 5.82. The minimum Gasteiger partial charge on any atom is -0.493 e. The van der Waals surface area contributed by atoms with Crippen LogP contribution in [0.3, 0.4) is 0 Å². The molecule has 2 amide bonds. The molecule has 6 nitrogen and oxygen atoms in total. The van der Waals surface area contributed by atoms with Crippen molar-refractivity contribution >= 4 is 34.8 Å². The Balaban J connectivity index is 1.27. The lowest BCUT2D eigenvalue weighted by molar-refractivity contribution is 0.0785. The normalized spacial score (nSPS) is 10.3. The molecule has 0 aliphatic heterocycles. The van der Waals surface area contributed by atoms with Gasteiger partial charge < -0.3 is 15.0 Å². The summed E-state index contributed by atoms with van der Waals surface area (Å²) in [5.41, 5.74) is 3.84. The maximum Gasteiger partial charge on any atom is 0.257 e. The van der Waals surface area contributed by atoms with Gasteiger partial charge in [0, 0.05) is 36.8 Å². The lowest BCUT2D eigenvalue weighted by Gasteiger charge is -2.18. The minimum atomic E-state index is -0.340. The molecule has 0 aliphatic rings. The number of ether oxygens (including phenoxy) is 1. The molecule has 0 unspecified atom stereocenters. The van der Waals surface area contributed by atoms with Crippen molar-refractivity contribution in [3.8, 4) is 5.75 Å². The number of nitrogens with zero attached hydrogens (tertiary/aromatic N) is 1. The van der Waals surface area contributed by atoms with Crippen LogP contribution >= 0.6 is 12.2 Å².